The number of hydrogen-bond acceptors (Lipinski definition) is 3. The van der Waals surface area contributed by atoms with Gasteiger partial charge in [0.1, 0.15) is 5.75 Å². The Hall–Kier alpha value is -2.04. The third kappa shape index (κ3) is 4.33. The lowest BCUT2D eigenvalue weighted by atomic mass is 9.90. The number of ether oxygens (including phenoxy) is 1. The zero-order valence-corrected chi connectivity index (χ0v) is 15.0. The number of halogens is 1. The first kappa shape index (κ1) is 17.8. The fourth-order valence-electron chi connectivity index (χ4n) is 3.23. The first-order valence-corrected chi connectivity index (χ1v) is 8.81. The van der Waals surface area contributed by atoms with Crippen LogP contribution in [0.5, 0.6) is 5.75 Å². The molecule has 0 aliphatic carbocycles. The Balaban J connectivity index is 1.66. The quantitative estimate of drug-likeness (QED) is 0.871. The van der Waals surface area contributed by atoms with E-state index in [0.29, 0.717) is 36.7 Å². The predicted octanol–water partition coefficient (Wildman–Crippen LogP) is 4.15. The van der Waals surface area contributed by atoms with Gasteiger partial charge >= 0.3 is 5.97 Å². The molecule has 0 amide bonds. The molecule has 0 radical (unpaired) electrons. The van der Waals surface area contributed by atoms with Crippen LogP contribution in [0.25, 0.3) is 0 Å². The number of carbonyl (C=O) groups is 1. The highest BCUT2D eigenvalue weighted by Gasteiger charge is 2.44. The van der Waals surface area contributed by atoms with Crippen LogP contribution in [-0.4, -0.2) is 34.7 Å². The molecule has 5 heteroatoms. The Kier molecular flexibility index (Phi) is 5.30. The van der Waals surface area contributed by atoms with Gasteiger partial charge in [0.15, 0.2) is 0 Å². The first-order valence-electron chi connectivity index (χ1n) is 8.43. The van der Waals surface area contributed by atoms with E-state index in [4.69, 9.17) is 16.3 Å². The standard InChI is InChI=1S/C20H22ClNO3/c1-15-3-2-4-16(13-15)14-22-11-9-20(10-12-22,19(23)24)25-18-7-5-17(21)6-8-18/h2-8,13H,9-12,14H2,1H3,(H,23,24). The second-order valence-corrected chi connectivity index (χ2v) is 7.06. The highest BCUT2D eigenvalue weighted by atomic mass is 35.5. The van der Waals surface area contributed by atoms with Gasteiger partial charge in [0.25, 0.3) is 0 Å². The van der Waals surface area contributed by atoms with Crippen LogP contribution in [0.1, 0.15) is 24.0 Å². The normalized spacial score (nSPS) is 17.2. The Bertz CT molecular complexity index is 737. The lowest BCUT2D eigenvalue weighted by molar-refractivity contribution is -0.159. The lowest BCUT2D eigenvalue weighted by Gasteiger charge is -2.39. The van der Waals surface area contributed by atoms with Crippen LogP contribution in [0, 0.1) is 6.92 Å². The van der Waals surface area contributed by atoms with E-state index in [2.05, 4.69) is 36.1 Å². The summed E-state index contributed by atoms with van der Waals surface area (Å²) in [6, 6.07) is 15.3. The van der Waals surface area contributed by atoms with Gasteiger partial charge in [0.2, 0.25) is 5.60 Å². The molecule has 3 rings (SSSR count). The monoisotopic (exact) mass is 359 g/mol. The van der Waals surface area contributed by atoms with E-state index in [0.717, 1.165) is 6.54 Å². The molecule has 1 N–H and O–H groups in total. The van der Waals surface area contributed by atoms with Crippen LogP contribution in [0.15, 0.2) is 48.5 Å². The maximum Gasteiger partial charge on any atom is 0.348 e. The number of rotatable bonds is 5. The number of likely N-dealkylation sites (tertiary alicyclic amines) is 1. The SMILES string of the molecule is Cc1cccc(CN2CCC(Oc3ccc(Cl)cc3)(C(=O)O)CC2)c1. The van der Waals surface area contributed by atoms with Crippen molar-refractivity contribution in [1.82, 2.24) is 4.90 Å². The Morgan fingerprint density at radius 1 is 1.20 bits per heavy atom. The summed E-state index contributed by atoms with van der Waals surface area (Å²) in [5.74, 6) is -0.364. The van der Waals surface area contributed by atoms with Crippen molar-refractivity contribution in [3.8, 4) is 5.75 Å². The van der Waals surface area contributed by atoms with Crippen LogP contribution in [0.3, 0.4) is 0 Å². The third-order valence-electron chi connectivity index (χ3n) is 4.67. The van der Waals surface area contributed by atoms with Crippen molar-refractivity contribution < 1.29 is 14.6 Å². The molecule has 0 aromatic heterocycles. The average molecular weight is 360 g/mol. The zero-order chi connectivity index (χ0) is 17.9. The summed E-state index contributed by atoms with van der Waals surface area (Å²) in [4.78, 5) is 14.2. The molecule has 2 aromatic rings. The van der Waals surface area contributed by atoms with E-state index in [1.807, 2.05) is 0 Å². The molecule has 1 saturated heterocycles. The van der Waals surface area contributed by atoms with Gasteiger partial charge in [0.05, 0.1) is 0 Å². The van der Waals surface area contributed by atoms with Crippen molar-refractivity contribution in [2.75, 3.05) is 13.1 Å². The zero-order valence-electron chi connectivity index (χ0n) is 14.2. The molecule has 1 aliphatic heterocycles. The Morgan fingerprint density at radius 3 is 2.48 bits per heavy atom. The van der Waals surface area contributed by atoms with Gasteiger partial charge in [-0.3, -0.25) is 4.90 Å². The minimum Gasteiger partial charge on any atom is -0.478 e. The summed E-state index contributed by atoms with van der Waals surface area (Å²) < 4.78 is 5.89. The molecular formula is C20H22ClNO3. The fourth-order valence-corrected chi connectivity index (χ4v) is 3.35. The molecule has 4 nitrogen and oxygen atoms in total. The molecule has 25 heavy (non-hydrogen) atoms. The molecule has 2 aromatic carbocycles. The van der Waals surface area contributed by atoms with Crippen LogP contribution in [-0.2, 0) is 11.3 Å². The number of piperidine rings is 1. The van der Waals surface area contributed by atoms with Gasteiger partial charge < -0.3 is 9.84 Å². The van der Waals surface area contributed by atoms with E-state index in [-0.39, 0.29) is 0 Å². The molecule has 0 spiro atoms. The smallest absolute Gasteiger partial charge is 0.348 e. The molecule has 132 valence electrons. The number of carboxylic acids is 1. The van der Waals surface area contributed by atoms with Crippen molar-refractivity contribution >= 4 is 17.6 Å². The Morgan fingerprint density at radius 2 is 1.88 bits per heavy atom. The van der Waals surface area contributed by atoms with Crippen molar-refractivity contribution in [3.05, 3.63) is 64.7 Å². The highest BCUT2D eigenvalue weighted by Crippen LogP contribution is 2.30. The van der Waals surface area contributed by atoms with Gasteiger partial charge in [0, 0.05) is 37.5 Å². The van der Waals surface area contributed by atoms with Crippen LogP contribution in [0.4, 0.5) is 0 Å². The minimum atomic E-state index is -1.17. The van der Waals surface area contributed by atoms with Gasteiger partial charge in [-0.25, -0.2) is 4.79 Å². The summed E-state index contributed by atoms with van der Waals surface area (Å²) in [5.41, 5.74) is 1.32. The van der Waals surface area contributed by atoms with Crippen molar-refractivity contribution in [1.29, 1.82) is 0 Å². The van der Waals surface area contributed by atoms with Crippen LogP contribution in [0.2, 0.25) is 5.02 Å². The van der Waals surface area contributed by atoms with Crippen LogP contribution >= 0.6 is 11.6 Å². The van der Waals surface area contributed by atoms with E-state index >= 15 is 0 Å². The summed E-state index contributed by atoms with van der Waals surface area (Å²) in [6.45, 7) is 4.29. The summed E-state index contributed by atoms with van der Waals surface area (Å²) in [6.07, 6.45) is 0.910. The first-order chi connectivity index (χ1) is 12.0. The molecule has 1 heterocycles. The van der Waals surface area contributed by atoms with E-state index < -0.39 is 11.6 Å². The fraction of sp³-hybridized carbons (Fsp3) is 0.350. The molecule has 0 saturated carbocycles. The maximum atomic E-state index is 11.9. The molecule has 1 fully saturated rings. The number of carboxylic acid groups (broad SMARTS) is 1. The Labute approximate surface area is 153 Å². The summed E-state index contributed by atoms with van der Waals surface area (Å²) in [5, 5.41) is 10.3. The maximum absolute atomic E-state index is 11.9. The topological polar surface area (TPSA) is 49.8 Å². The van der Waals surface area contributed by atoms with E-state index in [1.165, 1.54) is 11.1 Å². The second-order valence-electron chi connectivity index (χ2n) is 6.62. The van der Waals surface area contributed by atoms with Crippen molar-refractivity contribution in [2.45, 2.75) is 31.9 Å². The van der Waals surface area contributed by atoms with Gasteiger partial charge in [-0.1, -0.05) is 41.4 Å². The van der Waals surface area contributed by atoms with Crippen LogP contribution < -0.4 is 4.74 Å². The molecule has 0 bridgehead atoms. The van der Waals surface area contributed by atoms with Gasteiger partial charge in [-0.2, -0.15) is 0 Å². The molecule has 1 aliphatic rings. The lowest BCUT2D eigenvalue weighted by Crippen LogP contribution is -2.53. The van der Waals surface area contributed by atoms with Gasteiger partial charge in [-0.15, -0.1) is 0 Å². The summed E-state index contributed by atoms with van der Waals surface area (Å²) in [7, 11) is 0. The van der Waals surface area contributed by atoms with Gasteiger partial charge in [-0.05, 0) is 36.8 Å². The highest BCUT2D eigenvalue weighted by molar-refractivity contribution is 6.30. The summed E-state index contributed by atoms with van der Waals surface area (Å²) >= 11 is 5.88. The third-order valence-corrected chi connectivity index (χ3v) is 4.92. The largest absolute Gasteiger partial charge is 0.478 e. The minimum absolute atomic E-state index is 0.455. The number of hydrogen-bond donors (Lipinski definition) is 1. The van der Waals surface area contributed by atoms with E-state index in [1.54, 1.807) is 24.3 Å². The molecule has 0 atom stereocenters. The number of aliphatic carboxylic acids is 1. The second kappa shape index (κ2) is 7.46. The molecular weight excluding hydrogens is 338 g/mol. The van der Waals surface area contributed by atoms with Crippen molar-refractivity contribution in [2.24, 2.45) is 0 Å². The number of nitrogens with zero attached hydrogens (tertiary/aromatic N) is 1. The van der Waals surface area contributed by atoms with Crippen molar-refractivity contribution in [3.63, 3.8) is 0 Å². The predicted molar refractivity (Wildman–Crippen MR) is 98.1 cm³/mol. The van der Waals surface area contributed by atoms with E-state index in [9.17, 15) is 9.90 Å². The number of aryl methyl sites for hydroxylation is 1. The average Bonchev–Trinajstić information content (AvgIpc) is 2.59. The number of benzene rings is 2. The molecule has 0 unspecified atom stereocenters.